The summed E-state index contributed by atoms with van der Waals surface area (Å²) >= 11 is 0. The van der Waals surface area contributed by atoms with Crippen LogP contribution in [-0.4, -0.2) is 26.3 Å². The van der Waals surface area contributed by atoms with Crippen LogP contribution in [0.1, 0.15) is 50.5 Å². The molecule has 0 saturated heterocycles. The van der Waals surface area contributed by atoms with Gasteiger partial charge in [-0.15, -0.1) is 0 Å². The monoisotopic (exact) mass is 250 g/mol. The zero-order valence-corrected chi connectivity index (χ0v) is 10.9. The van der Waals surface area contributed by atoms with Gasteiger partial charge in [-0.2, -0.15) is 0 Å². The van der Waals surface area contributed by atoms with Gasteiger partial charge in [0.1, 0.15) is 17.8 Å². The van der Waals surface area contributed by atoms with Crippen LogP contribution in [0.3, 0.4) is 0 Å². The minimum absolute atomic E-state index is 0.0367. The molecule has 5 heteroatoms. The number of rotatable bonds is 3. The fourth-order valence-corrected chi connectivity index (χ4v) is 1.84. The lowest BCUT2D eigenvalue weighted by molar-refractivity contribution is -0.119. The number of aromatic hydroxyl groups is 1. The van der Waals surface area contributed by atoms with Crippen molar-refractivity contribution in [3.8, 4) is 5.88 Å². The third-order valence-electron chi connectivity index (χ3n) is 3.08. The van der Waals surface area contributed by atoms with Gasteiger partial charge in [0, 0.05) is 11.3 Å². The van der Waals surface area contributed by atoms with Crippen molar-refractivity contribution in [2.45, 2.75) is 45.4 Å². The van der Waals surface area contributed by atoms with Crippen molar-refractivity contribution in [1.29, 1.82) is 0 Å². The van der Waals surface area contributed by atoms with Crippen molar-refractivity contribution in [2.75, 3.05) is 0 Å². The van der Waals surface area contributed by atoms with Crippen molar-refractivity contribution >= 4 is 11.7 Å². The molecule has 1 aliphatic rings. The number of Topliss-reactive ketones (excluding diaryl/α,β-unsaturated/α-hetero) is 1. The van der Waals surface area contributed by atoms with E-state index < -0.39 is 5.91 Å². The molecule has 0 spiro atoms. The summed E-state index contributed by atoms with van der Waals surface area (Å²) in [4.78, 5) is 27.5. The number of nitrogens with zero attached hydrogens (tertiary/aromatic N) is 2. The number of ketones is 1. The molecule has 1 heterocycles. The fraction of sp³-hybridized carbons (Fsp3) is 0.615. The van der Waals surface area contributed by atoms with Crippen LogP contribution in [-0.2, 0) is 10.2 Å². The van der Waals surface area contributed by atoms with Gasteiger partial charge in [-0.05, 0) is 12.8 Å². The van der Waals surface area contributed by atoms with Crippen LogP contribution in [0, 0.1) is 5.92 Å². The molecule has 1 fully saturated rings. The highest BCUT2D eigenvalue weighted by Gasteiger charge is 2.32. The minimum Gasteiger partial charge on any atom is -0.493 e. The zero-order chi connectivity index (χ0) is 13.5. The lowest BCUT2D eigenvalue weighted by Crippen LogP contribution is -2.16. The van der Waals surface area contributed by atoms with Gasteiger partial charge in [0.2, 0.25) is 11.8 Å². The highest BCUT2D eigenvalue weighted by atomic mass is 16.3. The molecule has 1 saturated carbocycles. The predicted octanol–water partition coefficient (Wildman–Crippen LogP) is 1.90. The van der Waals surface area contributed by atoms with Crippen molar-refractivity contribution in [3.05, 3.63) is 12.0 Å². The van der Waals surface area contributed by atoms with Crippen molar-refractivity contribution in [1.82, 2.24) is 9.55 Å². The molecule has 1 aromatic rings. The Bertz CT molecular complexity index is 493. The Morgan fingerprint density at radius 3 is 2.50 bits per heavy atom. The lowest BCUT2D eigenvalue weighted by Gasteiger charge is -2.15. The Labute approximate surface area is 106 Å². The Hall–Kier alpha value is -1.65. The highest BCUT2D eigenvalue weighted by molar-refractivity contribution is 6.01. The van der Waals surface area contributed by atoms with Crippen molar-refractivity contribution < 1.29 is 14.7 Å². The highest BCUT2D eigenvalue weighted by Crippen LogP contribution is 2.32. The zero-order valence-electron chi connectivity index (χ0n) is 10.9. The van der Waals surface area contributed by atoms with Crippen LogP contribution >= 0.6 is 0 Å². The first kappa shape index (κ1) is 12.8. The van der Waals surface area contributed by atoms with Gasteiger partial charge < -0.3 is 5.11 Å². The van der Waals surface area contributed by atoms with Crippen LogP contribution in [0.2, 0.25) is 0 Å². The molecule has 98 valence electrons. The second-order valence-corrected chi connectivity index (χ2v) is 5.85. The van der Waals surface area contributed by atoms with E-state index in [4.69, 9.17) is 0 Å². The molecule has 1 N–H and O–H groups in total. The summed E-state index contributed by atoms with van der Waals surface area (Å²) in [7, 11) is 0. The maximum absolute atomic E-state index is 11.9. The second-order valence-electron chi connectivity index (χ2n) is 5.85. The first-order valence-corrected chi connectivity index (χ1v) is 6.13. The topological polar surface area (TPSA) is 72.2 Å². The van der Waals surface area contributed by atoms with Gasteiger partial charge in [-0.3, -0.25) is 9.59 Å². The van der Waals surface area contributed by atoms with Gasteiger partial charge in [0.25, 0.3) is 0 Å². The molecule has 0 aromatic carbocycles. The maximum Gasteiger partial charge on any atom is 0.242 e. The van der Waals surface area contributed by atoms with E-state index in [1.807, 2.05) is 20.8 Å². The maximum atomic E-state index is 11.9. The molecule has 0 atom stereocenters. The molecule has 0 bridgehead atoms. The third-order valence-corrected chi connectivity index (χ3v) is 3.08. The molecule has 18 heavy (non-hydrogen) atoms. The van der Waals surface area contributed by atoms with Crippen molar-refractivity contribution in [3.63, 3.8) is 0 Å². The van der Waals surface area contributed by atoms with E-state index in [0.29, 0.717) is 5.69 Å². The van der Waals surface area contributed by atoms with E-state index in [-0.39, 0.29) is 29.4 Å². The number of imidazole rings is 1. The van der Waals surface area contributed by atoms with Crippen LogP contribution in [0.15, 0.2) is 6.33 Å². The van der Waals surface area contributed by atoms with Crippen LogP contribution < -0.4 is 0 Å². The van der Waals surface area contributed by atoms with Gasteiger partial charge in [-0.25, -0.2) is 9.55 Å². The molecule has 0 aliphatic heterocycles. The second kappa shape index (κ2) is 4.23. The number of carbonyl (C=O) groups excluding carboxylic acids is 2. The fourth-order valence-electron chi connectivity index (χ4n) is 1.84. The normalized spacial score (nSPS) is 15.7. The summed E-state index contributed by atoms with van der Waals surface area (Å²) in [5, 5.41) is 9.97. The Morgan fingerprint density at radius 1 is 1.44 bits per heavy atom. The number of aromatic nitrogens is 2. The first-order valence-electron chi connectivity index (χ1n) is 6.13. The number of hydrogen-bond acceptors (Lipinski definition) is 4. The summed E-state index contributed by atoms with van der Waals surface area (Å²) < 4.78 is 1.07. The molecule has 5 nitrogen and oxygen atoms in total. The summed E-state index contributed by atoms with van der Waals surface area (Å²) in [5.74, 6) is -0.546. The first-order chi connectivity index (χ1) is 8.30. The standard InChI is InChI=1S/C13H18N2O3/c1-13(2,3)11-12(18)15(7-14-11)10(17)6-9(16)8-4-5-8/h7-8,18H,4-6H2,1-3H3. The van der Waals surface area contributed by atoms with Crippen molar-refractivity contribution in [2.24, 2.45) is 5.92 Å². The molecule has 1 aliphatic carbocycles. The van der Waals surface area contributed by atoms with Gasteiger partial charge >= 0.3 is 0 Å². The average molecular weight is 250 g/mol. The molecule has 0 unspecified atom stereocenters. The summed E-state index contributed by atoms with van der Waals surface area (Å²) in [6.07, 6.45) is 2.90. The quantitative estimate of drug-likeness (QED) is 0.831. The molecule has 1 aromatic heterocycles. The van der Waals surface area contributed by atoms with Gasteiger partial charge in [0.05, 0.1) is 6.42 Å². The van der Waals surface area contributed by atoms with Crippen LogP contribution in [0.25, 0.3) is 0 Å². The van der Waals surface area contributed by atoms with Crippen LogP contribution in [0.4, 0.5) is 0 Å². The molecule has 0 radical (unpaired) electrons. The van der Waals surface area contributed by atoms with Gasteiger partial charge in [0.15, 0.2) is 0 Å². The third kappa shape index (κ3) is 2.44. The molecule has 0 amide bonds. The van der Waals surface area contributed by atoms with E-state index >= 15 is 0 Å². The van der Waals surface area contributed by atoms with Gasteiger partial charge in [-0.1, -0.05) is 20.8 Å². The predicted molar refractivity (Wildman–Crippen MR) is 65.6 cm³/mol. The molecule has 2 rings (SSSR count). The number of hydrogen-bond donors (Lipinski definition) is 1. The molecular weight excluding hydrogens is 232 g/mol. The Kier molecular flexibility index (Phi) is 3.00. The summed E-state index contributed by atoms with van der Waals surface area (Å²) in [5.41, 5.74) is 0.130. The Balaban J connectivity index is 2.15. The van der Waals surface area contributed by atoms with E-state index in [9.17, 15) is 14.7 Å². The summed E-state index contributed by atoms with van der Waals surface area (Å²) in [6, 6.07) is 0. The Morgan fingerprint density at radius 2 is 2.06 bits per heavy atom. The van der Waals surface area contributed by atoms with Crippen LogP contribution in [0.5, 0.6) is 5.88 Å². The average Bonchev–Trinajstić information content (AvgIpc) is 3.00. The minimum atomic E-state index is -0.410. The summed E-state index contributed by atoms with van der Waals surface area (Å²) in [6.45, 7) is 5.71. The smallest absolute Gasteiger partial charge is 0.242 e. The van der Waals surface area contributed by atoms with E-state index in [1.54, 1.807) is 0 Å². The van der Waals surface area contributed by atoms with E-state index in [2.05, 4.69) is 4.98 Å². The van der Waals surface area contributed by atoms with E-state index in [0.717, 1.165) is 17.4 Å². The lowest BCUT2D eigenvalue weighted by atomic mass is 9.92. The SMILES string of the molecule is CC(C)(C)c1ncn(C(=O)CC(=O)C2CC2)c1O. The largest absolute Gasteiger partial charge is 0.493 e. The molecular formula is C13H18N2O3. The van der Waals surface area contributed by atoms with E-state index in [1.165, 1.54) is 6.33 Å². The number of carbonyl (C=O) groups is 2.